The topological polar surface area (TPSA) is 102 Å². The van der Waals surface area contributed by atoms with Crippen molar-refractivity contribution in [1.82, 2.24) is 10.2 Å². The van der Waals surface area contributed by atoms with Crippen molar-refractivity contribution in [2.45, 2.75) is 19.9 Å². The number of nitrogens with two attached hydrogens (primary N) is 1. The van der Waals surface area contributed by atoms with Crippen LogP contribution in [0.15, 0.2) is 18.2 Å². The Morgan fingerprint density at radius 3 is 2.52 bits per heavy atom. The maximum atomic E-state index is 12.3. The zero-order valence-electron chi connectivity index (χ0n) is 12.8. The first-order valence-electron chi connectivity index (χ1n) is 6.72. The van der Waals surface area contributed by atoms with Crippen LogP contribution in [0, 0.1) is 16.0 Å². The minimum Gasteiger partial charge on any atom is -0.398 e. The Hall–Kier alpha value is -2.15. The van der Waals surface area contributed by atoms with Gasteiger partial charge in [0.2, 0.25) is 0 Å². The lowest BCUT2D eigenvalue weighted by atomic mass is 10.0. The monoisotopic (exact) mass is 294 g/mol. The number of nitrogens with one attached hydrogen (secondary N) is 1. The summed E-state index contributed by atoms with van der Waals surface area (Å²) in [6, 6.07) is 3.80. The number of hydrogen-bond acceptors (Lipinski definition) is 5. The molecule has 7 nitrogen and oxygen atoms in total. The number of nitrogens with zero attached hydrogens (tertiary/aromatic N) is 2. The van der Waals surface area contributed by atoms with Crippen molar-refractivity contribution in [2.75, 3.05) is 26.4 Å². The molecule has 0 aliphatic carbocycles. The Kier molecular flexibility index (Phi) is 5.66. The van der Waals surface area contributed by atoms with Crippen molar-refractivity contribution in [3.05, 3.63) is 33.9 Å². The van der Waals surface area contributed by atoms with Crippen LogP contribution in [-0.2, 0) is 0 Å². The molecule has 0 radical (unpaired) electrons. The van der Waals surface area contributed by atoms with Crippen molar-refractivity contribution in [1.29, 1.82) is 0 Å². The Morgan fingerprint density at radius 1 is 1.43 bits per heavy atom. The standard InChI is InChI=1S/C14H22N4O3/c1-9(2)13(8-17(3)4)16-14(19)11-7-10(18(20)21)5-6-12(11)15/h5-7,9,13H,8,15H2,1-4H3,(H,16,19). The van der Waals surface area contributed by atoms with E-state index in [9.17, 15) is 14.9 Å². The maximum absolute atomic E-state index is 12.3. The second-order valence-electron chi connectivity index (χ2n) is 5.61. The maximum Gasteiger partial charge on any atom is 0.270 e. The van der Waals surface area contributed by atoms with Crippen LogP contribution in [0.4, 0.5) is 11.4 Å². The lowest BCUT2D eigenvalue weighted by Gasteiger charge is -2.25. The van der Waals surface area contributed by atoms with E-state index in [0.29, 0.717) is 6.54 Å². The predicted octanol–water partition coefficient (Wildman–Crippen LogP) is 1.49. The summed E-state index contributed by atoms with van der Waals surface area (Å²) >= 11 is 0. The summed E-state index contributed by atoms with van der Waals surface area (Å²) in [4.78, 5) is 24.5. The lowest BCUT2D eigenvalue weighted by molar-refractivity contribution is -0.384. The van der Waals surface area contributed by atoms with Crippen LogP contribution >= 0.6 is 0 Å². The fourth-order valence-corrected chi connectivity index (χ4v) is 1.92. The third kappa shape index (κ3) is 4.71. The zero-order valence-corrected chi connectivity index (χ0v) is 12.8. The van der Waals surface area contributed by atoms with E-state index in [1.54, 1.807) is 0 Å². The second kappa shape index (κ2) is 7.03. The SMILES string of the molecule is CC(C)C(CN(C)C)NC(=O)c1cc([N+](=O)[O-])ccc1N. The Balaban J connectivity index is 2.96. The number of rotatable bonds is 6. The van der Waals surface area contributed by atoms with Crippen molar-refractivity contribution in [2.24, 2.45) is 5.92 Å². The molecule has 0 fully saturated rings. The van der Waals surface area contributed by atoms with Gasteiger partial charge in [0.05, 0.1) is 10.5 Å². The van der Waals surface area contributed by atoms with Gasteiger partial charge >= 0.3 is 0 Å². The van der Waals surface area contributed by atoms with Gasteiger partial charge in [-0.3, -0.25) is 14.9 Å². The van der Waals surface area contributed by atoms with Crippen molar-refractivity contribution in [3.8, 4) is 0 Å². The van der Waals surface area contributed by atoms with E-state index in [-0.39, 0.29) is 28.9 Å². The minimum absolute atomic E-state index is 0.0637. The average Bonchev–Trinajstić information content (AvgIpc) is 2.37. The molecule has 0 heterocycles. The highest BCUT2D eigenvalue weighted by Crippen LogP contribution is 2.20. The normalized spacial score (nSPS) is 12.5. The number of likely N-dealkylation sites (N-methyl/N-ethyl adjacent to an activating group) is 1. The summed E-state index contributed by atoms with van der Waals surface area (Å²) in [5.74, 6) is -0.159. The highest BCUT2D eigenvalue weighted by molar-refractivity contribution is 6.00. The number of hydrogen-bond donors (Lipinski definition) is 2. The van der Waals surface area contributed by atoms with E-state index in [4.69, 9.17) is 5.73 Å². The number of non-ortho nitro benzene ring substituents is 1. The molecule has 1 unspecified atom stereocenters. The third-order valence-corrected chi connectivity index (χ3v) is 3.18. The number of nitro groups is 1. The molecule has 21 heavy (non-hydrogen) atoms. The van der Waals surface area contributed by atoms with E-state index in [2.05, 4.69) is 5.32 Å². The number of benzene rings is 1. The molecule has 0 saturated carbocycles. The first kappa shape index (κ1) is 16.9. The van der Waals surface area contributed by atoms with Crippen molar-refractivity contribution >= 4 is 17.3 Å². The Bertz CT molecular complexity index is 529. The van der Waals surface area contributed by atoms with Gasteiger partial charge in [0, 0.05) is 30.4 Å². The lowest BCUT2D eigenvalue weighted by Crippen LogP contribution is -2.45. The van der Waals surface area contributed by atoms with Crippen LogP contribution in [0.5, 0.6) is 0 Å². The summed E-state index contributed by atoms with van der Waals surface area (Å²) in [5.41, 5.74) is 5.96. The number of amides is 1. The molecule has 0 aliphatic heterocycles. The van der Waals surface area contributed by atoms with Crippen molar-refractivity contribution < 1.29 is 9.72 Å². The Labute approximate surface area is 124 Å². The molecule has 3 N–H and O–H groups in total. The van der Waals surface area contributed by atoms with Gasteiger partial charge < -0.3 is 16.0 Å². The molecule has 1 amide bonds. The van der Waals surface area contributed by atoms with Gasteiger partial charge in [-0.25, -0.2) is 0 Å². The van der Waals surface area contributed by atoms with Gasteiger partial charge in [-0.15, -0.1) is 0 Å². The van der Waals surface area contributed by atoms with E-state index >= 15 is 0 Å². The van der Waals surface area contributed by atoms with Crippen LogP contribution in [-0.4, -0.2) is 42.4 Å². The van der Waals surface area contributed by atoms with Crippen LogP contribution in [0.2, 0.25) is 0 Å². The molecule has 0 spiro atoms. The fraction of sp³-hybridized carbons (Fsp3) is 0.500. The second-order valence-corrected chi connectivity index (χ2v) is 5.61. The van der Waals surface area contributed by atoms with Gasteiger partial charge in [0.15, 0.2) is 0 Å². The highest BCUT2D eigenvalue weighted by Gasteiger charge is 2.21. The molecular formula is C14H22N4O3. The number of carbonyl (C=O) groups is 1. The van der Waals surface area contributed by atoms with Crippen LogP contribution < -0.4 is 11.1 Å². The summed E-state index contributed by atoms with van der Waals surface area (Å²) in [7, 11) is 3.84. The molecule has 0 saturated heterocycles. The smallest absolute Gasteiger partial charge is 0.270 e. The summed E-state index contributed by atoms with van der Waals surface area (Å²) < 4.78 is 0. The highest BCUT2D eigenvalue weighted by atomic mass is 16.6. The molecule has 0 aliphatic rings. The average molecular weight is 294 g/mol. The zero-order chi connectivity index (χ0) is 16.2. The van der Waals surface area contributed by atoms with Crippen LogP contribution in [0.3, 0.4) is 0 Å². The largest absolute Gasteiger partial charge is 0.398 e. The Morgan fingerprint density at radius 2 is 2.05 bits per heavy atom. The van der Waals surface area contributed by atoms with E-state index in [0.717, 1.165) is 0 Å². The van der Waals surface area contributed by atoms with Gasteiger partial charge in [-0.2, -0.15) is 0 Å². The summed E-state index contributed by atoms with van der Waals surface area (Å²) in [6.45, 7) is 4.69. The van der Waals surface area contributed by atoms with Gasteiger partial charge in [0.1, 0.15) is 0 Å². The molecule has 1 aromatic rings. The van der Waals surface area contributed by atoms with E-state index < -0.39 is 10.8 Å². The van der Waals surface area contributed by atoms with E-state index in [1.165, 1.54) is 18.2 Å². The summed E-state index contributed by atoms with van der Waals surface area (Å²) in [6.07, 6.45) is 0. The number of anilines is 1. The fourth-order valence-electron chi connectivity index (χ4n) is 1.92. The molecule has 0 bridgehead atoms. The van der Waals surface area contributed by atoms with Crippen molar-refractivity contribution in [3.63, 3.8) is 0 Å². The molecule has 7 heteroatoms. The molecule has 116 valence electrons. The summed E-state index contributed by atoms with van der Waals surface area (Å²) in [5, 5.41) is 13.7. The first-order valence-corrected chi connectivity index (χ1v) is 6.72. The predicted molar refractivity (Wildman–Crippen MR) is 82.2 cm³/mol. The number of carbonyl (C=O) groups excluding carboxylic acids is 1. The van der Waals surface area contributed by atoms with E-state index in [1.807, 2.05) is 32.8 Å². The number of nitro benzene ring substituents is 1. The minimum atomic E-state index is -0.546. The molecule has 0 aromatic heterocycles. The first-order chi connectivity index (χ1) is 9.72. The molecule has 1 aromatic carbocycles. The van der Waals surface area contributed by atoms with Gasteiger partial charge in [-0.1, -0.05) is 13.8 Å². The van der Waals surface area contributed by atoms with Gasteiger partial charge in [0.25, 0.3) is 11.6 Å². The molecule has 1 atom stereocenters. The van der Waals surface area contributed by atoms with Gasteiger partial charge in [-0.05, 0) is 26.1 Å². The quantitative estimate of drug-likeness (QED) is 0.470. The van der Waals surface area contributed by atoms with Crippen LogP contribution in [0.1, 0.15) is 24.2 Å². The third-order valence-electron chi connectivity index (χ3n) is 3.18. The molecule has 1 rings (SSSR count). The number of nitrogen functional groups attached to an aromatic ring is 1. The van der Waals surface area contributed by atoms with Crippen LogP contribution in [0.25, 0.3) is 0 Å². The molecular weight excluding hydrogens is 272 g/mol.